The highest BCUT2D eigenvalue weighted by Gasteiger charge is 2.34. The quantitative estimate of drug-likeness (QED) is 0.654. The van der Waals surface area contributed by atoms with Crippen molar-refractivity contribution in [1.29, 1.82) is 0 Å². The molecule has 1 N–H and O–H groups in total. The molecule has 2 atom stereocenters. The fourth-order valence-electron chi connectivity index (χ4n) is 5.48. The number of amides is 1. The number of benzene rings is 2. The Morgan fingerprint density at radius 2 is 2.09 bits per heavy atom. The van der Waals surface area contributed by atoms with Gasteiger partial charge in [0.05, 0.1) is 5.52 Å². The Morgan fingerprint density at radius 1 is 1.12 bits per heavy atom. The molecule has 1 amide bonds. The second-order valence-electron chi connectivity index (χ2n) is 9.55. The third kappa shape index (κ3) is 4.21. The monoisotopic (exact) mass is 442 g/mol. The summed E-state index contributed by atoms with van der Waals surface area (Å²) < 4.78 is 6.33. The summed E-state index contributed by atoms with van der Waals surface area (Å²) in [5.74, 6) is 0.970. The summed E-state index contributed by atoms with van der Waals surface area (Å²) in [4.78, 5) is 22.0. The predicted octanol–water partition coefficient (Wildman–Crippen LogP) is 3.60. The number of likely N-dealkylation sites (tertiary alicyclic amines) is 1. The standard InChI is InChI=1S/C27H30N4O2/c32-27-25-14-23(7-6-21(25)17-31(27)22-4-2-10-28-15-22)33-24-9-12-30(18-24)16-19-5-8-26-20(13-19)3-1-11-29-26/h1,3,5-8,11,13-14,22,24,28H,2,4,9-10,12,15-18H2/t22?,24-/m0/s1. The Bertz CT molecular complexity index is 1170. The average Bonchev–Trinajstić information content (AvgIpc) is 3.43. The van der Waals surface area contributed by atoms with Crippen LogP contribution in [0.5, 0.6) is 5.75 Å². The second-order valence-corrected chi connectivity index (χ2v) is 9.55. The first-order chi connectivity index (χ1) is 16.2. The normalized spacial score (nSPS) is 23.3. The van der Waals surface area contributed by atoms with Crippen molar-refractivity contribution in [3.63, 3.8) is 0 Å². The van der Waals surface area contributed by atoms with Crippen molar-refractivity contribution < 1.29 is 9.53 Å². The minimum absolute atomic E-state index is 0.153. The Hall–Kier alpha value is -2.96. The molecule has 0 bridgehead atoms. The molecule has 6 heteroatoms. The van der Waals surface area contributed by atoms with Crippen LogP contribution in [0.4, 0.5) is 0 Å². The molecule has 6 rings (SSSR count). The molecule has 0 spiro atoms. The van der Waals surface area contributed by atoms with Crippen LogP contribution >= 0.6 is 0 Å². The fraction of sp³-hybridized carbons (Fsp3) is 0.407. The van der Waals surface area contributed by atoms with Gasteiger partial charge in [0, 0.05) is 55.9 Å². The number of pyridine rings is 1. The molecule has 3 aromatic rings. The molecule has 0 aliphatic carbocycles. The minimum atomic E-state index is 0.153. The van der Waals surface area contributed by atoms with Gasteiger partial charge in [-0.25, -0.2) is 0 Å². The Morgan fingerprint density at radius 3 is 3.00 bits per heavy atom. The Balaban J connectivity index is 1.08. The van der Waals surface area contributed by atoms with E-state index in [-0.39, 0.29) is 12.0 Å². The summed E-state index contributed by atoms with van der Waals surface area (Å²) in [5.41, 5.74) is 4.28. The molecule has 1 aromatic heterocycles. The third-order valence-corrected chi connectivity index (χ3v) is 7.23. The zero-order valence-electron chi connectivity index (χ0n) is 18.9. The number of fused-ring (bicyclic) bond motifs is 2. The number of carbonyl (C=O) groups is 1. The lowest BCUT2D eigenvalue weighted by molar-refractivity contribution is 0.0674. The van der Waals surface area contributed by atoms with Gasteiger partial charge in [-0.2, -0.15) is 0 Å². The lowest BCUT2D eigenvalue weighted by atomic mass is 10.1. The third-order valence-electron chi connectivity index (χ3n) is 7.23. The summed E-state index contributed by atoms with van der Waals surface area (Å²) in [7, 11) is 0. The summed E-state index contributed by atoms with van der Waals surface area (Å²) in [6.07, 6.45) is 5.21. The summed E-state index contributed by atoms with van der Waals surface area (Å²) in [6, 6.07) is 17.0. The van der Waals surface area contributed by atoms with Crippen molar-refractivity contribution in [3.8, 4) is 5.75 Å². The van der Waals surface area contributed by atoms with Gasteiger partial charge in [-0.05, 0) is 67.3 Å². The highest BCUT2D eigenvalue weighted by Crippen LogP contribution is 2.31. The maximum Gasteiger partial charge on any atom is 0.254 e. The fourth-order valence-corrected chi connectivity index (χ4v) is 5.48. The topological polar surface area (TPSA) is 57.7 Å². The molecule has 6 nitrogen and oxygen atoms in total. The van der Waals surface area contributed by atoms with Crippen molar-refractivity contribution in [2.75, 3.05) is 26.2 Å². The number of rotatable bonds is 5. The van der Waals surface area contributed by atoms with Crippen molar-refractivity contribution in [3.05, 3.63) is 71.4 Å². The van der Waals surface area contributed by atoms with Gasteiger partial charge in [0.25, 0.3) is 5.91 Å². The van der Waals surface area contributed by atoms with E-state index in [1.54, 1.807) is 0 Å². The van der Waals surface area contributed by atoms with Gasteiger partial charge in [-0.1, -0.05) is 18.2 Å². The summed E-state index contributed by atoms with van der Waals surface area (Å²) in [6.45, 7) is 5.50. The number of piperidine rings is 1. The number of carbonyl (C=O) groups excluding carboxylic acids is 1. The molecule has 2 saturated heterocycles. The van der Waals surface area contributed by atoms with Gasteiger partial charge in [0.2, 0.25) is 0 Å². The minimum Gasteiger partial charge on any atom is -0.489 e. The second kappa shape index (κ2) is 8.76. The summed E-state index contributed by atoms with van der Waals surface area (Å²) in [5, 5.41) is 4.61. The van der Waals surface area contributed by atoms with Gasteiger partial charge in [-0.3, -0.25) is 14.7 Å². The number of hydrogen-bond acceptors (Lipinski definition) is 5. The first-order valence-corrected chi connectivity index (χ1v) is 12.1. The van der Waals surface area contributed by atoms with Crippen molar-refractivity contribution >= 4 is 16.8 Å². The van der Waals surface area contributed by atoms with E-state index in [1.807, 2.05) is 29.3 Å². The summed E-state index contributed by atoms with van der Waals surface area (Å²) >= 11 is 0. The van der Waals surface area contributed by atoms with E-state index in [2.05, 4.69) is 45.5 Å². The molecular weight excluding hydrogens is 412 g/mol. The molecule has 0 saturated carbocycles. The Kier molecular flexibility index (Phi) is 5.48. The van der Waals surface area contributed by atoms with Crippen molar-refractivity contribution in [1.82, 2.24) is 20.1 Å². The van der Waals surface area contributed by atoms with Crippen molar-refractivity contribution in [2.24, 2.45) is 0 Å². The van der Waals surface area contributed by atoms with Gasteiger partial charge in [0.15, 0.2) is 0 Å². The number of nitrogens with one attached hydrogen (secondary N) is 1. The highest BCUT2D eigenvalue weighted by molar-refractivity contribution is 5.99. The van der Waals surface area contributed by atoms with Gasteiger partial charge >= 0.3 is 0 Å². The molecule has 3 aliphatic rings. The zero-order valence-corrected chi connectivity index (χ0v) is 18.9. The van der Waals surface area contributed by atoms with E-state index in [0.717, 1.165) is 80.9 Å². The smallest absolute Gasteiger partial charge is 0.254 e. The van der Waals surface area contributed by atoms with Gasteiger partial charge in [-0.15, -0.1) is 0 Å². The van der Waals surface area contributed by atoms with Crippen LogP contribution in [0.1, 0.15) is 40.7 Å². The van der Waals surface area contributed by atoms with Crippen LogP contribution in [-0.4, -0.2) is 59.0 Å². The van der Waals surface area contributed by atoms with E-state index >= 15 is 0 Å². The first-order valence-electron chi connectivity index (χ1n) is 12.1. The van der Waals surface area contributed by atoms with Crippen LogP contribution in [0.3, 0.4) is 0 Å². The van der Waals surface area contributed by atoms with E-state index in [1.165, 1.54) is 10.9 Å². The van der Waals surface area contributed by atoms with Crippen LogP contribution in [0.2, 0.25) is 0 Å². The van der Waals surface area contributed by atoms with Gasteiger partial charge < -0.3 is 15.0 Å². The Labute approximate surface area is 194 Å². The molecule has 1 unspecified atom stereocenters. The maximum atomic E-state index is 13.1. The van der Waals surface area contributed by atoms with E-state index < -0.39 is 0 Å². The van der Waals surface area contributed by atoms with Crippen LogP contribution in [0, 0.1) is 0 Å². The molecule has 0 radical (unpaired) electrons. The number of hydrogen-bond donors (Lipinski definition) is 1. The van der Waals surface area contributed by atoms with Crippen LogP contribution in [0.25, 0.3) is 10.9 Å². The van der Waals surface area contributed by atoms with E-state index in [0.29, 0.717) is 6.04 Å². The first kappa shape index (κ1) is 20.6. The molecule has 33 heavy (non-hydrogen) atoms. The average molecular weight is 443 g/mol. The lowest BCUT2D eigenvalue weighted by Gasteiger charge is -2.31. The number of ether oxygens (including phenoxy) is 1. The molecule has 2 aromatic carbocycles. The van der Waals surface area contributed by atoms with E-state index in [4.69, 9.17) is 4.74 Å². The molecule has 170 valence electrons. The van der Waals surface area contributed by atoms with Crippen molar-refractivity contribution in [2.45, 2.75) is 44.5 Å². The number of nitrogens with zero attached hydrogens (tertiary/aromatic N) is 3. The van der Waals surface area contributed by atoms with Crippen LogP contribution in [-0.2, 0) is 13.1 Å². The number of aromatic nitrogens is 1. The van der Waals surface area contributed by atoms with Crippen LogP contribution < -0.4 is 10.1 Å². The lowest BCUT2D eigenvalue weighted by Crippen LogP contribution is -2.46. The SMILES string of the molecule is O=C1c2cc(O[C@H]3CCN(Cc4ccc5ncccc5c4)C3)ccc2CN1C1CCCNC1. The van der Waals surface area contributed by atoms with Crippen LogP contribution in [0.15, 0.2) is 54.7 Å². The highest BCUT2D eigenvalue weighted by atomic mass is 16.5. The zero-order chi connectivity index (χ0) is 22.2. The molecule has 3 aliphatic heterocycles. The van der Waals surface area contributed by atoms with Gasteiger partial charge in [0.1, 0.15) is 11.9 Å². The van der Waals surface area contributed by atoms with E-state index in [9.17, 15) is 4.79 Å². The molecule has 4 heterocycles. The molecular formula is C27H30N4O2. The molecule has 2 fully saturated rings. The maximum absolute atomic E-state index is 13.1. The largest absolute Gasteiger partial charge is 0.489 e. The predicted molar refractivity (Wildman–Crippen MR) is 128 cm³/mol.